The van der Waals surface area contributed by atoms with Crippen molar-refractivity contribution in [1.29, 1.82) is 0 Å². The largest absolute Gasteiger partial charge is 0.450 e. The third-order valence-electron chi connectivity index (χ3n) is 3.09. The van der Waals surface area contributed by atoms with Crippen LogP contribution in [0.4, 0.5) is 26.7 Å². The van der Waals surface area contributed by atoms with E-state index in [1.54, 1.807) is 43.3 Å². The van der Waals surface area contributed by atoms with Crippen LogP contribution >= 0.6 is 11.6 Å². The van der Waals surface area contributed by atoms with Crippen LogP contribution in [-0.2, 0) is 4.74 Å². The minimum atomic E-state index is -0.521. The highest BCUT2D eigenvalue weighted by Crippen LogP contribution is 2.20. The monoisotopic (exact) mass is 347 g/mol. The van der Waals surface area contributed by atoms with Gasteiger partial charge in [0.2, 0.25) is 0 Å². The predicted molar refractivity (Wildman–Crippen MR) is 95.9 cm³/mol. The average molecular weight is 348 g/mol. The molecule has 3 N–H and O–H groups in total. The SMILES string of the molecule is CCOC(=O)Nc1ccc(NC(=O)Nc2ccc(C)c(Cl)c2)cc1. The molecule has 126 valence electrons. The van der Waals surface area contributed by atoms with E-state index in [1.807, 2.05) is 13.0 Å². The zero-order valence-electron chi connectivity index (χ0n) is 13.4. The Balaban J connectivity index is 1.91. The number of aryl methyl sites for hydroxylation is 1. The maximum Gasteiger partial charge on any atom is 0.411 e. The van der Waals surface area contributed by atoms with Crippen molar-refractivity contribution in [3.05, 3.63) is 53.1 Å². The Bertz CT molecular complexity index is 732. The van der Waals surface area contributed by atoms with Crippen LogP contribution in [0, 0.1) is 6.92 Å². The fourth-order valence-corrected chi connectivity index (χ4v) is 2.07. The Kier molecular flexibility index (Phi) is 6.03. The molecule has 0 radical (unpaired) electrons. The molecule has 3 amide bonds. The third kappa shape index (κ3) is 5.17. The first-order valence-electron chi connectivity index (χ1n) is 7.36. The molecule has 24 heavy (non-hydrogen) atoms. The zero-order chi connectivity index (χ0) is 17.5. The molecule has 6 nitrogen and oxygen atoms in total. The van der Waals surface area contributed by atoms with Crippen molar-refractivity contribution in [2.75, 3.05) is 22.6 Å². The number of benzene rings is 2. The van der Waals surface area contributed by atoms with Crippen LogP contribution in [0.5, 0.6) is 0 Å². The van der Waals surface area contributed by atoms with Crippen LogP contribution in [0.25, 0.3) is 0 Å². The Hall–Kier alpha value is -2.73. The van der Waals surface area contributed by atoms with Crippen molar-refractivity contribution in [1.82, 2.24) is 0 Å². The minimum Gasteiger partial charge on any atom is -0.450 e. The van der Waals surface area contributed by atoms with Gasteiger partial charge in [0.1, 0.15) is 0 Å². The normalized spacial score (nSPS) is 9.96. The van der Waals surface area contributed by atoms with E-state index in [0.717, 1.165) is 5.56 Å². The Morgan fingerprint density at radius 3 is 2.08 bits per heavy atom. The van der Waals surface area contributed by atoms with E-state index in [2.05, 4.69) is 16.0 Å². The maximum atomic E-state index is 12.0. The second kappa shape index (κ2) is 8.21. The fraction of sp³-hybridized carbons (Fsp3) is 0.176. The number of carbonyl (C=O) groups is 2. The second-order valence-corrected chi connectivity index (χ2v) is 5.37. The minimum absolute atomic E-state index is 0.300. The number of halogens is 1. The summed E-state index contributed by atoms with van der Waals surface area (Å²) in [7, 11) is 0. The van der Waals surface area contributed by atoms with Gasteiger partial charge in [0.25, 0.3) is 0 Å². The average Bonchev–Trinajstić information content (AvgIpc) is 2.53. The number of anilines is 3. The lowest BCUT2D eigenvalue weighted by Gasteiger charge is -2.10. The van der Waals surface area contributed by atoms with Crippen LogP contribution in [0.2, 0.25) is 5.02 Å². The molecule has 0 atom stereocenters. The van der Waals surface area contributed by atoms with Gasteiger partial charge in [-0.05, 0) is 55.8 Å². The molecule has 0 saturated heterocycles. The van der Waals surface area contributed by atoms with Crippen LogP contribution in [0.15, 0.2) is 42.5 Å². The van der Waals surface area contributed by atoms with E-state index < -0.39 is 6.09 Å². The number of hydrogen-bond donors (Lipinski definition) is 3. The van der Waals surface area contributed by atoms with E-state index in [9.17, 15) is 9.59 Å². The molecule has 0 bridgehead atoms. The van der Waals surface area contributed by atoms with E-state index in [0.29, 0.717) is 28.7 Å². The smallest absolute Gasteiger partial charge is 0.411 e. The van der Waals surface area contributed by atoms with Crippen molar-refractivity contribution in [3.63, 3.8) is 0 Å². The molecule has 0 aromatic heterocycles. The Labute approximate surface area is 145 Å². The van der Waals surface area contributed by atoms with Gasteiger partial charge in [-0.3, -0.25) is 5.32 Å². The summed E-state index contributed by atoms with van der Waals surface area (Å²) in [6.45, 7) is 3.92. The van der Waals surface area contributed by atoms with Gasteiger partial charge in [0.05, 0.1) is 6.61 Å². The van der Waals surface area contributed by atoms with E-state index >= 15 is 0 Å². The number of rotatable bonds is 4. The summed E-state index contributed by atoms with van der Waals surface area (Å²) in [6.07, 6.45) is -0.521. The Morgan fingerprint density at radius 1 is 0.958 bits per heavy atom. The van der Waals surface area contributed by atoms with Gasteiger partial charge in [-0.1, -0.05) is 17.7 Å². The summed E-state index contributed by atoms with van der Waals surface area (Å²) < 4.78 is 4.78. The molecule has 2 aromatic carbocycles. The molecule has 0 aliphatic carbocycles. The van der Waals surface area contributed by atoms with Crippen molar-refractivity contribution < 1.29 is 14.3 Å². The summed E-state index contributed by atoms with van der Waals surface area (Å²) in [5, 5.41) is 8.55. The van der Waals surface area contributed by atoms with Crippen LogP contribution in [0.3, 0.4) is 0 Å². The van der Waals surface area contributed by atoms with Gasteiger partial charge in [-0.2, -0.15) is 0 Å². The number of amides is 3. The molecule has 0 unspecified atom stereocenters. The summed E-state index contributed by atoms with van der Waals surface area (Å²) in [6, 6.07) is 11.6. The number of urea groups is 1. The molecule has 0 aliphatic rings. The molecule has 0 saturated carbocycles. The highest BCUT2D eigenvalue weighted by atomic mass is 35.5. The molecule has 7 heteroatoms. The summed E-state index contributed by atoms with van der Waals surface area (Å²) in [5.41, 5.74) is 2.70. The van der Waals surface area contributed by atoms with Gasteiger partial charge in [0.15, 0.2) is 0 Å². The number of hydrogen-bond acceptors (Lipinski definition) is 3. The maximum absolute atomic E-state index is 12.0. The topological polar surface area (TPSA) is 79.5 Å². The van der Waals surface area contributed by atoms with Gasteiger partial charge < -0.3 is 15.4 Å². The lowest BCUT2D eigenvalue weighted by Crippen LogP contribution is -2.19. The standard InChI is InChI=1S/C17H18ClN3O3/c1-3-24-17(23)21-13-8-6-12(7-9-13)19-16(22)20-14-5-4-11(2)15(18)10-14/h4-10H,3H2,1-2H3,(H,21,23)(H2,19,20,22). The molecular formula is C17H18ClN3O3. The third-order valence-corrected chi connectivity index (χ3v) is 3.50. The van der Waals surface area contributed by atoms with Crippen LogP contribution in [0.1, 0.15) is 12.5 Å². The van der Waals surface area contributed by atoms with Gasteiger partial charge in [0, 0.05) is 22.1 Å². The van der Waals surface area contributed by atoms with Crippen molar-refractivity contribution in [2.45, 2.75) is 13.8 Å². The zero-order valence-corrected chi connectivity index (χ0v) is 14.1. The molecule has 2 rings (SSSR count). The highest BCUT2D eigenvalue weighted by Gasteiger charge is 2.05. The lowest BCUT2D eigenvalue weighted by atomic mass is 10.2. The quantitative estimate of drug-likeness (QED) is 0.738. The first kappa shape index (κ1) is 17.6. The lowest BCUT2D eigenvalue weighted by molar-refractivity contribution is 0.168. The van der Waals surface area contributed by atoms with Crippen molar-refractivity contribution >= 4 is 40.8 Å². The number of ether oxygens (including phenoxy) is 1. The van der Waals surface area contributed by atoms with Crippen molar-refractivity contribution in [2.24, 2.45) is 0 Å². The summed E-state index contributed by atoms with van der Waals surface area (Å²) in [5.74, 6) is 0. The molecule has 0 spiro atoms. The Morgan fingerprint density at radius 2 is 1.50 bits per heavy atom. The van der Waals surface area contributed by atoms with E-state index in [4.69, 9.17) is 16.3 Å². The fourth-order valence-electron chi connectivity index (χ4n) is 1.89. The number of nitrogens with one attached hydrogen (secondary N) is 3. The first-order chi connectivity index (χ1) is 11.5. The molecule has 0 aliphatic heterocycles. The van der Waals surface area contributed by atoms with E-state index in [-0.39, 0.29) is 6.03 Å². The summed E-state index contributed by atoms with van der Waals surface area (Å²) in [4.78, 5) is 23.3. The molecular weight excluding hydrogens is 330 g/mol. The van der Waals surface area contributed by atoms with Crippen molar-refractivity contribution in [3.8, 4) is 0 Å². The molecule has 0 fully saturated rings. The molecule has 2 aromatic rings. The van der Waals surface area contributed by atoms with Gasteiger partial charge in [-0.25, -0.2) is 9.59 Å². The van der Waals surface area contributed by atoms with Crippen LogP contribution in [-0.4, -0.2) is 18.7 Å². The predicted octanol–water partition coefficient (Wildman–Crippen LogP) is 4.86. The van der Waals surface area contributed by atoms with Gasteiger partial charge >= 0.3 is 12.1 Å². The second-order valence-electron chi connectivity index (χ2n) is 4.97. The number of carbonyl (C=O) groups excluding carboxylic acids is 2. The van der Waals surface area contributed by atoms with Gasteiger partial charge in [-0.15, -0.1) is 0 Å². The summed E-state index contributed by atoms with van der Waals surface area (Å²) >= 11 is 6.02. The highest BCUT2D eigenvalue weighted by molar-refractivity contribution is 6.31. The van der Waals surface area contributed by atoms with Crippen LogP contribution < -0.4 is 16.0 Å². The first-order valence-corrected chi connectivity index (χ1v) is 7.73. The molecule has 0 heterocycles. The van der Waals surface area contributed by atoms with E-state index in [1.165, 1.54) is 0 Å².